The molecule has 5 heteroatoms. The molecule has 1 aliphatic heterocycles. The topological polar surface area (TPSA) is 55.6 Å². The van der Waals surface area contributed by atoms with E-state index in [0.717, 1.165) is 11.3 Å². The van der Waals surface area contributed by atoms with E-state index in [1.807, 2.05) is 37.3 Å². The van der Waals surface area contributed by atoms with Crippen molar-refractivity contribution in [2.45, 2.75) is 33.4 Å². The van der Waals surface area contributed by atoms with Gasteiger partial charge in [-0.05, 0) is 12.8 Å². The molecule has 0 spiro atoms. The SMILES string of the molecule is Cc1ccc(-c2cc(CN3C(=O)OC[C@@H]3C(C)C)on2)cc1. The second-order valence-electron chi connectivity index (χ2n) is 6.06. The molecule has 1 aromatic carbocycles. The van der Waals surface area contributed by atoms with Gasteiger partial charge in [-0.3, -0.25) is 4.90 Å². The highest BCUT2D eigenvalue weighted by Crippen LogP contribution is 2.24. The average molecular weight is 300 g/mol. The van der Waals surface area contributed by atoms with Gasteiger partial charge < -0.3 is 9.26 Å². The zero-order valence-electron chi connectivity index (χ0n) is 13.1. The number of hydrogen-bond donors (Lipinski definition) is 0. The fraction of sp³-hybridized carbons (Fsp3) is 0.412. The van der Waals surface area contributed by atoms with Crippen molar-refractivity contribution in [2.75, 3.05) is 6.61 Å². The van der Waals surface area contributed by atoms with Crippen molar-refractivity contribution >= 4 is 6.09 Å². The first-order chi connectivity index (χ1) is 10.5. The van der Waals surface area contributed by atoms with Gasteiger partial charge in [-0.15, -0.1) is 0 Å². The third kappa shape index (κ3) is 2.84. The van der Waals surface area contributed by atoms with E-state index in [0.29, 0.717) is 24.8 Å². The number of carbonyl (C=O) groups is 1. The molecular weight excluding hydrogens is 280 g/mol. The van der Waals surface area contributed by atoms with Crippen molar-refractivity contribution in [3.05, 3.63) is 41.7 Å². The predicted octanol–water partition coefficient (Wildman–Crippen LogP) is 3.63. The fourth-order valence-corrected chi connectivity index (χ4v) is 2.61. The molecule has 0 saturated carbocycles. The highest BCUT2D eigenvalue weighted by molar-refractivity contribution is 5.70. The quantitative estimate of drug-likeness (QED) is 0.865. The highest BCUT2D eigenvalue weighted by Gasteiger charge is 2.35. The molecule has 2 heterocycles. The maximum absolute atomic E-state index is 11.8. The van der Waals surface area contributed by atoms with Crippen molar-refractivity contribution in [1.29, 1.82) is 0 Å². The molecule has 0 bridgehead atoms. The lowest BCUT2D eigenvalue weighted by atomic mass is 10.0. The van der Waals surface area contributed by atoms with Crippen molar-refractivity contribution in [3.8, 4) is 11.3 Å². The molecular formula is C17H20N2O3. The number of cyclic esters (lactones) is 1. The summed E-state index contributed by atoms with van der Waals surface area (Å²) in [5.41, 5.74) is 2.99. The van der Waals surface area contributed by atoms with E-state index in [1.54, 1.807) is 4.90 Å². The Balaban J connectivity index is 1.76. The summed E-state index contributed by atoms with van der Waals surface area (Å²) in [7, 11) is 0. The van der Waals surface area contributed by atoms with E-state index in [-0.39, 0.29) is 12.1 Å². The minimum absolute atomic E-state index is 0.0837. The highest BCUT2D eigenvalue weighted by atomic mass is 16.6. The van der Waals surface area contributed by atoms with E-state index < -0.39 is 0 Å². The smallest absolute Gasteiger partial charge is 0.410 e. The molecule has 0 N–H and O–H groups in total. The van der Waals surface area contributed by atoms with Crippen LogP contribution in [0, 0.1) is 12.8 Å². The van der Waals surface area contributed by atoms with Crippen LogP contribution in [0.25, 0.3) is 11.3 Å². The minimum Gasteiger partial charge on any atom is -0.447 e. The fourth-order valence-electron chi connectivity index (χ4n) is 2.61. The zero-order chi connectivity index (χ0) is 15.7. The molecule has 0 unspecified atom stereocenters. The van der Waals surface area contributed by atoms with Gasteiger partial charge in [0.1, 0.15) is 12.3 Å². The Morgan fingerprint density at radius 3 is 2.73 bits per heavy atom. The summed E-state index contributed by atoms with van der Waals surface area (Å²) in [4.78, 5) is 13.6. The maximum Gasteiger partial charge on any atom is 0.410 e. The van der Waals surface area contributed by atoms with Gasteiger partial charge in [0.2, 0.25) is 0 Å². The Bertz CT molecular complexity index is 661. The number of carbonyl (C=O) groups excluding carboxylic acids is 1. The molecule has 1 fully saturated rings. The average Bonchev–Trinajstić information content (AvgIpc) is 3.08. The molecule has 1 aliphatic rings. The Morgan fingerprint density at radius 1 is 1.32 bits per heavy atom. The Hall–Kier alpha value is -2.30. The lowest BCUT2D eigenvalue weighted by Crippen LogP contribution is -2.36. The number of rotatable bonds is 4. The second kappa shape index (κ2) is 5.83. The molecule has 1 aromatic heterocycles. The van der Waals surface area contributed by atoms with Crippen LogP contribution in [0.1, 0.15) is 25.2 Å². The van der Waals surface area contributed by atoms with Crippen LogP contribution in [0.5, 0.6) is 0 Å². The van der Waals surface area contributed by atoms with E-state index in [4.69, 9.17) is 9.26 Å². The van der Waals surface area contributed by atoms with E-state index in [9.17, 15) is 4.79 Å². The number of amides is 1. The maximum atomic E-state index is 11.8. The zero-order valence-corrected chi connectivity index (χ0v) is 13.1. The van der Waals surface area contributed by atoms with Crippen LogP contribution in [-0.2, 0) is 11.3 Å². The monoisotopic (exact) mass is 300 g/mol. The third-order valence-electron chi connectivity index (χ3n) is 4.01. The summed E-state index contributed by atoms with van der Waals surface area (Å²) < 4.78 is 10.5. The molecule has 116 valence electrons. The summed E-state index contributed by atoms with van der Waals surface area (Å²) >= 11 is 0. The predicted molar refractivity (Wildman–Crippen MR) is 82.2 cm³/mol. The molecule has 0 aliphatic carbocycles. The van der Waals surface area contributed by atoms with Gasteiger partial charge in [0.05, 0.1) is 12.6 Å². The number of aryl methyl sites for hydroxylation is 1. The Labute approximate surface area is 129 Å². The number of nitrogens with zero attached hydrogens (tertiary/aromatic N) is 2. The molecule has 0 radical (unpaired) electrons. The lowest BCUT2D eigenvalue weighted by Gasteiger charge is -2.22. The molecule has 5 nitrogen and oxygen atoms in total. The van der Waals surface area contributed by atoms with Gasteiger partial charge in [-0.25, -0.2) is 4.79 Å². The molecule has 22 heavy (non-hydrogen) atoms. The first kappa shape index (κ1) is 14.6. The van der Waals surface area contributed by atoms with Crippen molar-refractivity contribution < 1.29 is 14.1 Å². The number of ether oxygens (including phenoxy) is 1. The summed E-state index contributed by atoms with van der Waals surface area (Å²) in [5.74, 6) is 1.01. The van der Waals surface area contributed by atoms with Crippen LogP contribution in [0.2, 0.25) is 0 Å². The van der Waals surface area contributed by atoms with Gasteiger partial charge in [-0.2, -0.15) is 0 Å². The summed E-state index contributed by atoms with van der Waals surface area (Å²) in [6.45, 7) is 7.04. The first-order valence-corrected chi connectivity index (χ1v) is 7.50. The Kier molecular flexibility index (Phi) is 3.88. The standard InChI is InChI=1S/C17H20N2O3/c1-11(2)16-10-21-17(20)19(16)9-14-8-15(18-22-14)13-6-4-12(3)5-7-13/h4-8,11,16H,9-10H2,1-3H3/t16-/m1/s1. The van der Waals surface area contributed by atoms with E-state index in [2.05, 4.69) is 19.0 Å². The summed E-state index contributed by atoms with van der Waals surface area (Å²) in [5, 5.41) is 4.10. The lowest BCUT2D eigenvalue weighted by molar-refractivity contribution is 0.150. The van der Waals surface area contributed by atoms with Gasteiger partial charge >= 0.3 is 6.09 Å². The van der Waals surface area contributed by atoms with Crippen LogP contribution < -0.4 is 0 Å². The van der Waals surface area contributed by atoms with Crippen LogP contribution in [-0.4, -0.2) is 28.8 Å². The molecule has 3 rings (SSSR count). The molecule has 1 saturated heterocycles. The van der Waals surface area contributed by atoms with Crippen LogP contribution in [0.3, 0.4) is 0 Å². The second-order valence-corrected chi connectivity index (χ2v) is 6.06. The van der Waals surface area contributed by atoms with Crippen LogP contribution in [0.15, 0.2) is 34.9 Å². The molecule has 1 atom stereocenters. The molecule has 2 aromatic rings. The van der Waals surface area contributed by atoms with Crippen molar-refractivity contribution in [1.82, 2.24) is 10.1 Å². The third-order valence-corrected chi connectivity index (χ3v) is 4.01. The van der Waals surface area contributed by atoms with Gasteiger partial charge in [-0.1, -0.05) is 48.8 Å². The largest absolute Gasteiger partial charge is 0.447 e. The van der Waals surface area contributed by atoms with E-state index >= 15 is 0 Å². The van der Waals surface area contributed by atoms with Gasteiger partial charge in [0.25, 0.3) is 0 Å². The van der Waals surface area contributed by atoms with E-state index in [1.165, 1.54) is 5.56 Å². The normalized spacial score (nSPS) is 18.1. The van der Waals surface area contributed by atoms with Gasteiger partial charge in [0.15, 0.2) is 5.76 Å². The summed E-state index contributed by atoms with van der Waals surface area (Å²) in [6, 6.07) is 10.1. The number of aromatic nitrogens is 1. The number of hydrogen-bond acceptors (Lipinski definition) is 4. The Morgan fingerprint density at radius 2 is 2.05 bits per heavy atom. The minimum atomic E-state index is -0.285. The molecule has 1 amide bonds. The van der Waals surface area contributed by atoms with Crippen LogP contribution in [0.4, 0.5) is 4.79 Å². The van der Waals surface area contributed by atoms with Crippen molar-refractivity contribution in [2.24, 2.45) is 5.92 Å². The number of benzene rings is 1. The first-order valence-electron chi connectivity index (χ1n) is 7.50. The van der Waals surface area contributed by atoms with Gasteiger partial charge in [0, 0.05) is 11.6 Å². The van der Waals surface area contributed by atoms with Crippen molar-refractivity contribution in [3.63, 3.8) is 0 Å². The summed E-state index contributed by atoms with van der Waals surface area (Å²) in [6.07, 6.45) is -0.285. The van der Waals surface area contributed by atoms with Crippen LogP contribution >= 0.6 is 0 Å².